The van der Waals surface area contributed by atoms with Crippen molar-refractivity contribution in [2.24, 2.45) is 0 Å². The molecule has 0 radical (unpaired) electrons. The molecule has 3 aromatic rings. The van der Waals surface area contributed by atoms with E-state index in [2.05, 4.69) is 36.5 Å². The molecule has 7 heteroatoms. The minimum absolute atomic E-state index is 0.101. The minimum Gasteiger partial charge on any atom is -0.345 e. The Kier molecular flexibility index (Phi) is 5.14. The first kappa shape index (κ1) is 17.2. The van der Waals surface area contributed by atoms with E-state index >= 15 is 0 Å². The van der Waals surface area contributed by atoms with Crippen LogP contribution in [0.2, 0.25) is 0 Å². The predicted molar refractivity (Wildman–Crippen MR) is 99.1 cm³/mol. The molecule has 1 atom stereocenters. The van der Waals surface area contributed by atoms with Crippen LogP contribution in [0.1, 0.15) is 29.1 Å². The highest BCUT2D eigenvalue weighted by Crippen LogP contribution is 2.15. The number of carbonyl (C=O) groups is 2. The summed E-state index contributed by atoms with van der Waals surface area (Å²) >= 11 is 3.31. The molecule has 1 heterocycles. The summed E-state index contributed by atoms with van der Waals surface area (Å²) in [6, 6.07) is 14.4. The van der Waals surface area contributed by atoms with E-state index in [1.54, 1.807) is 18.2 Å². The van der Waals surface area contributed by atoms with Gasteiger partial charge in [0.1, 0.15) is 5.82 Å². The van der Waals surface area contributed by atoms with Gasteiger partial charge in [0.15, 0.2) is 0 Å². The van der Waals surface area contributed by atoms with Crippen LogP contribution in [0.15, 0.2) is 53.0 Å². The second kappa shape index (κ2) is 7.48. The Bertz CT molecular complexity index is 889. The van der Waals surface area contributed by atoms with Gasteiger partial charge < -0.3 is 15.6 Å². The van der Waals surface area contributed by atoms with E-state index in [0.717, 1.165) is 15.5 Å². The standard InChI is InChI=1S/C18H17BrN4O2/c1-11(17-22-14-7-2-3-8-15(14)23-17)21-16(24)10-20-18(25)12-5-4-6-13(19)9-12/h2-9,11H,10H2,1H3,(H,20,25)(H,21,24)(H,22,23)/t11-/m1/s1. The molecular formula is C18H17BrN4O2. The van der Waals surface area contributed by atoms with Gasteiger partial charge >= 0.3 is 0 Å². The van der Waals surface area contributed by atoms with Crippen LogP contribution in [-0.4, -0.2) is 28.3 Å². The SMILES string of the molecule is C[C@@H](NC(=O)CNC(=O)c1cccc(Br)c1)c1nc2ccccc2[nH]1. The molecule has 0 aliphatic rings. The van der Waals surface area contributed by atoms with Crippen LogP contribution in [0, 0.1) is 0 Å². The fourth-order valence-corrected chi connectivity index (χ4v) is 2.83. The number of aromatic amines is 1. The van der Waals surface area contributed by atoms with Crippen LogP contribution in [-0.2, 0) is 4.79 Å². The zero-order valence-corrected chi connectivity index (χ0v) is 15.1. The van der Waals surface area contributed by atoms with Crippen LogP contribution in [0.4, 0.5) is 0 Å². The maximum Gasteiger partial charge on any atom is 0.251 e. The summed E-state index contributed by atoms with van der Waals surface area (Å²) in [5.41, 5.74) is 2.26. The van der Waals surface area contributed by atoms with Gasteiger partial charge in [0.25, 0.3) is 5.91 Å². The molecule has 0 saturated carbocycles. The molecule has 0 aliphatic carbocycles. The number of carbonyl (C=O) groups excluding carboxylic acids is 2. The van der Waals surface area contributed by atoms with Gasteiger partial charge in [0.05, 0.1) is 23.6 Å². The number of benzene rings is 2. The zero-order valence-electron chi connectivity index (χ0n) is 13.5. The Labute approximate surface area is 153 Å². The third-order valence-corrected chi connectivity index (χ3v) is 4.18. The van der Waals surface area contributed by atoms with Crippen molar-refractivity contribution in [3.63, 3.8) is 0 Å². The lowest BCUT2D eigenvalue weighted by Crippen LogP contribution is -2.38. The predicted octanol–water partition coefficient (Wildman–Crippen LogP) is 2.93. The number of para-hydroxylation sites is 2. The van der Waals surface area contributed by atoms with E-state index < -0.39 is 0 Å². The number of rotatable bonds is 5. The number of nitrogens with zero attached hydrogens (tertiary/aromatic N) is 1. The summed E-state index contributed by atoms with van der Waals surface area (Å²) < 4.78 is 0.808. The highest BCUT2D eigenvalue weighted by molar-refractivity contribution is 9.10. The van der Waals surface area contributed by atoms with Crippen molar-refractivity contribution in [3.05, 3.63) is 64.4 Å². The first-order chi connectivity index (χ1) is 12.0. The smallest absolute Gasteiger partial charge is 0.251 e. The van der Waals surface area contributed by atoms with Gasteiger partial charge in [-0.3, -0.25) is 9.59 Å². The van der Waals surface area contributed by atoms with E-state index in [1.165, 1.54) is 0 Å². The number of imidazole rings is 1. The molecule has 0 aliphatic heterocycles. The normalized spacial score (nSPS) is 11.9. The van der Waals surface area contributed by atoms with E-state index in [0.29, 0.717) is 11.4 Å². The summed E-state index contributed by atoms with van der Waals surface area (Å²) in [7, 11) is 0. The number of aromatic nitrogens is 2. The zero-order chi connectivity index (χ0) is 17.8. The summed E-state index contributed by atoms with van der Waals surface area (Å²) in [5, 5.41) is 5.43. The first-order valence-corrected chi connectivity index (χ1v) is 8.60. The summed E-state index contributed by atoms with van der Waals surface area (Å²) in [4.78, 5) is 31.7. The molecule has 0 saturated heterocycles. The number of nitrogens with one attached hydrogen (secondary N) is 3. The van der Waals surface area contributed by atoms with Crippen LogP contribution in [0.3, 0.4) is 0 Å². The van der Waals surface area contributed by atoms with Crippen molar-refractivity contribution >= 4 is 38.8 Å². The van der Waals surface area contributed by atoms with Gasteiger partial charge in [0, 0.05) is 10.0 Å². The number of hydrogen-bond acceptors (Lipinski definition) is 3. The van der Waals surface area contributed by atoms with Gasteiger partial charge in [0.2, 0.25) is 5.91 Å². The average molecular weight is 401 g/mol. The lowest BCUT2D eigenvalue weighted by molar-refractivity contribution is -0.120. The Morgan fingerprint density at radius 1 is 1.20 bits per heavy atom. The summed E-state index contributed by atoms with van der Waals surface area (Å²) in [6.45, 7) is 1.74. The Hall–Kier alpha value is -2.67. The largest absolute Gasteiger partial charge is 0.345 e. The number of halogens is 1. The molecule has 0 bridgehead atoms. The topological polar surface area (TPSA) is 86.9 Å². The number of amides is 2. The van der Waals surface area contributed by atoms with Crippen molar-refractivity contribution in [2.45, 2.75) is 13.0 Å². The molecule has 0 unspecified atom stereocenters. The fraction of sp³-hybridized carbons (Fsp3) is 0.167. The third-order valence-electron chi connectivity index (χ3n) is 3.69. The summed E-state index contributed by atoms with van der Waals surface area (Å²) in [6.07, 6.45) is 0. The van der Waals surface area contributed by atoms with Crippen molar-refractivity contribution < 1.29 is 9.59 Å². The van der Waals surface area contributed by atoms with Crippen LogP contribution in [0.5, 0.6) is 0 Å². The van der Waals surface area contributed by atoms with E-state index in [1.807, 2.05) is 37.3 Å². The number of fused-ring (bicyclic) bond motifs is 1. The molecule has 1 aromatic heterocycles. The Morgan fingerprint density at radius 3 is 2.76 bits per heavy atom. The molecule has 6 nitrogen and oxygen atoms in total. The maximum atomic E-state index is 12.1. The quantitative estimate of drug-likeness (QED) is 0.615. The number of H-pyrrole nitrogens is 1. The monoisotopic (exact) mass is 400 g/mol. The van der Waals surface area contributed by atoms with Crippen molar-refractivity contribution in [3.8, 4) is 0 Å². The van der Waals surface area contributed by atoms with E-state index in [9.17, 15) is 9.59 Å². The van der Waals surface area contributed by atoms with Gasteiger partial charge in [-0.2, -0.15) is 0 Å². The summed E-state index contributed by atoms with van der Waals surface area (Å²) in [5.74, 6) is 0.0945. The van der Waals surface area contributed by atoms with E-state index in [-0.39, 0.29) is 24.4 Å². The molecule has 0 fully saturated rings. The maximum absolute atomic E-state index is 12.1. The van der Waals surface area contributed by atoms with Gasteiger partial charge in [-0.05, 0) is 37.3 Å². The molecule has 128 valence electrons. The van der Waals surface area contributed by atoms with Gasteiger partial charge in [-0.25, -0.2) is 4.98 Å². The second-order valence-electron chi connectivity index (χ2n) is 5.62. The third kappa shape index (κ3) is 4.24. The highest BCUT2D eigenvalue weighted by Gasteiger charge is 2.14. The first-order valence-electron chi connectivity index (χ1n) is 7.80. The molecule has 0 spiro atoms. The second-order valence-corrected chi connectivity index (χ2v) is 6.54. The highest BCUT2D eigenvalue weighted by atomic mass is 79.9. The molecule has 3 rings (SSSR count). The molecule has 2 amide bonds. The average Bonchev–Trinajstić information content (AvgIpc) is 3.04. The van der Waals surface area contributed by atoms with Crippen LogP contribution in [0.25, 0.3) is 11.0 Å². The van der Waals surface area contributed by atoms with Crippen molar-refractivity contribution in [2.75, 3.05) is 6.54 Å². The molecule has 2 aromatic carbocycles. The minimum atomic E-state index is -0.298. The fourth-order valence-electron chi connectivity index (χ4n) is 2.43. The molecular weight excluding hydrogens is 384 g/mol. The van der Waals surface area contributed by atoms with Gasteiger partial charge in [-0.15, -0.1) is 0 Å². The Balaban J connectivity index is 1.55. The van der Waals surface area contributed by atoms with E-state index in [4.69, 9.17) is 0 Å². The van der Waals surface area contributed by atoms with Gasteiger partial charge in [-0.1, -0.05) is 34.1 Å². The number of hydrogen-bond donors (Lipinski definition) is 3. The lowest BCUT2D eigenvalue weighted by atomic mass is 10.2. The van der Waals surface area contributed by atoms with Crippen molar-refractivity contribution in [1.82, 2.24) is 20.6 Å². The molecule has 25 heavy (non-hydrogen) atoms. The lowest BCUT2D eigenvalue weighted by Gasteiger charge is -2.12. The van der Waals surface area contributed by atoms with Crippen LogP contribution >= 0.6 is 15.9 Å². The van der Waals surface area contributed by atoms with Crippen molar-refractivity contribution in [1.29, 1.82) is 0 Å². The Morgan fingerprint density at radius 2 is 2.00 bits per heavy atom. The molecule has 3 N–H and O–H groups in total. The van der Waals surface area contributed by atoms with Crippen LogP contribution < -0.4 is 10.6 Å².